The molecule has 0 unspecified atom stereocenters. The van der Waals surface area contributed by atoms with Gasteiger partial charge >= 0.3 is 0 Å². The quantitative estimate of drug-likeness (QED) is 0.424. The number of hydrogen-bond donors (Lipinski definition) is 1. The Morgan fingerprint density at radius 3 is 2.65 bits per heavy atom. The number of fused-ring (bicyclic) bond motifs is 1. The van der Waals surface area contributed by atoms with Crippen molar-refractivity contribution in [2.45, 2.75) is 10.8 Å². The van der Waals surface area contributed by atoms with E-state index in [1.807, 2.05) is 60.7 Å². The van der Waals surface area contributed by atoms with Crippen molar-refractivity contribution in [3.8, 4) is 17.1 Å². The number of benzene rings is 2. The number of aromatic nitrogens is 3. The highest BCUT2D eigenvalue weighted by molar-refractivity contribution is 7.98. The van der Waals surface area contributed by atoms with Gasteiger partial charge in [-0.15, -0.1) is 0 Å². The van der Waals surface area contributed by atoms with Crippen molar-refractivity contribution in [2.75, 3.05) is 12.8 Å². The molecule has 0 radical (unpaired) electrons. The van der Waals surface area contributed by atoms with Gasteiger partial charge in [0.05, 0.1) is 7.11 Å². The van der Waals surface area contributed by atoms with Gasteiger partial charge in [-0.1, -0.05) is 54.2 Å². The van der Waals surface area contributed by atoms with Gasteiger partial charge in [-0.3, -0.25) is 0 Å². The van der Waals surface area contributed by atoms with E-state index < -0.39 is 0 Å². The number of thioether (sulfide) groups is 1. The summed E-state index contributed by atoms with van der Waals surface area (Å²) in [6.07, 6.45) is 0. The van der Waals surface area contributed by atoms with Crippen molar-refractivity contribution >= 4 is 23.1 Å². The second-order valence-electron chi connectivity index (χ2n) is 5.81. The van der Waals surface area contributed by atoms with E-state index >= 15 is 0 Å². The molecule has 0 amide bonds. The van der Waals surface area contributed by atoms with Gasteiger partial charge in [-0.25, -0.2) is 4.98 Å². The first-order valence-electron chi connectivity index (χ1n) is 8.21. The number of rotatable bonds is 5. The molecule has 6 heteroatoms. The van der Waals surface area contributed by atoms with E-state index in [0.717, 1.165) is 33.4 Å². The van der Waals surface area contributed by atoms with Gasteiger partial charge in [0, 0.05) is 17.0 Å². The number of nitrogens with two attached hydrogens (primary N) is 1. The maximum Gasteiger partial charge on any atom is 0.243 e. The molecule has 130 valence electrons. The molecule has 2 N–H and O–H groups in total. The van der Waals surface area contributed by atoms with Crippen molar-refractivity contribution in [1.29, 1.82) is 0 Å². The Hall–Kier alpha value is -2.99. The lowest BCUT2D eigenvalue weighted by molar-refractivity contribution is 0.387. The summed E-state index contributed by atoms with van der Waals surface area (Å²) in [5.41, 5.74) is 10.3. The Bertz CT molecular complexity index is 1050. The van der Waals surface area contributed by atoms with Crippen LogP contribution in [-0.4, -0.2) is 21.7 Å². The molecule has 0 saturated heterocycles. The maximum absolute atomic E-state index is 5.84. The molecule has 0 aliphatic carbocycles. The second kappa shape index (κ2) is 7.09. The first-order valence-corrected chi connectivity index (χ1v) is 9.19. The van der Waals surface area contributed by atoms with Crippen LogP contribution in [0.3, 0.4) is 0 Å². The number of methoxy groups -OCH3 is 1. The third kappa shape index (κ3) is 3.23. The Labute approximate surface area is 155 Å². The van der Waals surface area contributed by atoms with Gasteiger partial charge in [0.1, 0.15) is 10.7 Å². The van der Waals surface area contributed by atoms with Crippen LogP contribution < -0.4 is 10.5 Å². The van der Waals surface area contributed by atoms with E-state index in [4.69, 9.17) is 15.6 Å². The highest BCUT2D eigenvalue weighted by atomic mass is 32.2. The highest BCUT2D eigenvalue weighted by Gasteiger charge is 2.16. The standard InChI is InChI=1S/C20H18N4OS/c1-25-20-19(15-7-3-2-4-8-15)22-17-10-11-18(23-24(17)20)26-13-14-6-5-9-16(21)12-14/h2-12H,13,21H2,1H3. The summed E-state index contributed by atoms with van der Waals surface area (Å²) < 4.78 is 7.35. The largest absolute Gasteiger partial charge is 0.479 e. The van der Waals surface area contributed by atoms with E-state index in [2.05, 4.69) is 11.1 Å². The first kappa shape index (κ1) is 16.5. The van der Waals surface area contributed by atoms with Crippen LogP contribution in [0.1, 0.15) is 5.56 Å². The number of ether oxygens (including phenoxy) is 1. The van der Waals surface area contributed by atoms with E-state index in [-0.39, 0.29) is 0 Å². The first-order chi connectivity index (χ1) is 12.7. The van der Waals surface area contributed by atoms with E-state index in [1.165, 1.54) is 5.56 Å². The Morgan fingerprint density at radius 1 is 1.04 bits per heavy atom. The molecule has 2 aromatic heterocycles. The Morgan fingerprint density at radius 2 is 1.88 bits per heavy atom. The minimum absolute atomic E-state index is 0.637. The molecule has 0 aliphatic heterocycles. The molecule has 0 spiro atoms. The molecule has 0 atom stereocenters. The molecule has 2 heterocycles. The van der Waals surface area contributed by atoms with Gasteiger partial charge in [0.15, 0.2) is 5.65 Å². The van der Waals surface area contributed by atoms with Crippen LogP contribution in [0.2, 0.25) is 0 Å². The van der Waals surface area contributed by atoms with Crippen molar-refractivity contribution < 1.29 is 4.74 Å². The fraction of sp³-hybridized carbons (Fsp3) is 0.100. The summed E-state index contributed by atoms with van der Waals surface area (Å²) in [5.74, 6) is 1.43. The van der Waals surface area contributed by atoms with Gasteiger partial charge < -0.3 is 10.5 Å². The molecular formula is C20H18N4OS. The average Bonchev–Trinajstić information content (AvgIpc) is 3.05. The summed E-state index contributed by atoms with van der Waals surface area (Å²) in [5, 5.41) is 5.59. The summed E-state index contributed by atoms with van der Waals surface area (Å²) >= 11 is 1.65. The van der Waals surface area contributed by atoms with Crippen LogP contribution in [0.5, 0.6) is 5.88 Å². The van der Waals surface area contributed by atoms with Crippen molar-refractivity contribution in [1.82, 2.24) is 14.6 Å². The summed E-state index contributed by atoms with van der Waals surface area (Å²) in [6.45, 7) is 0. The fourth-order valence-electron chi connectivity index (χ4n) is 2.78. The van der Waals surface area contributed by atoms with Gasteiger partial charge in [0.25, 0.3) is 0 Å². The molecular weight excluding hydrogens is 344 g/mol. The zero-order valence-electron chi connectivity index (χ0n) is 14.3. The molecule has 0 aliphatic rings. The molecule has 5 nitrogen and oxygen atoms in total. The molecule has 2 aromatic carbocycles. The van der Waals surface area contributed by atoms with Crippen LogP contribution in [-0.2, 0) is 5.75 Å². The zero-order valence-corrected chi connectivity index (χ0v) is 15.1. The molecule has 0 bridgehead atoms. The molecule has 26 heavy (non-hydrogen) atoms. The minimum atomic E-state index is 0.637. The van der Waals surface area contributed by atoms with Gasteiger partial charge in [0.2, 0.25) is 5.88 Å². The monoisotopic (exact) mass is 362 g/mol. The summed E-state index contributed by atoms with van der Waals surface area (Å²) in [7, 11) is 1.64. The third-order valence-corrected chi connectivity index (χ3v) is 4.98. The van der Waals surface area contributed by atoms with Crippen molar-refractivity contribution in [3.63, 3.8) is 0 Å². The number of hydrogen-bond acceptors (Lipinski definition) is 5. The topological polar surface area (TPSA) is 65.4 Å². The number of nitrogens with zero attached hydrogens (tertiary/aromatic N) is 3. The zero-order chi connectivity index (χ0) is 17.9. The molecule has 0 saturated carbocycles. The molecule has 4 rings (SSSR count). The predicted molar refractivity (Wildman–Crippen MR) is 105 cm³/mol. The predicted octanol–water partition coefficient (Wildman–Crippen LogP) is 4.28. The highest BCUT2D eigenvalue weighted by Crippen LogP contribution is 2.31. The van der Waals surface area contributed by atoms with Crippen LogP contribution in [0.4, 0.5) is 5.69 Å². The van der Waals surface area contributed by atoms with Gasteiger partial charge in [-0.05, 0) is 29.8 Å². The maximum atomic E-state index is 5.84. The summed E-state index contributed by atoms with van der Waals surface area (Å²) in [6, 6.07) is 21.8. The van der Waals surface area contributed by atoms with Crippen LogP contribution in [0.25, 0.3) is 16.9 Å². The minimum Gasteiger partial charge on any atom is -0.479 e. The Kier molecular flexibility index (Phi) is 4.50. The third-order valence-electron chi connectivity index (χ3n) is 3.99. The van der Waals surface area contributed by atoms with Crippen molar-refractivity contribution in [3.05, 3.63) is 72.3 Å². The fourth-order valence-corrected chi connectivity index (χ4v) is 3.58. The SMILES string of the molecule is COc1c(-c2ccccc2)nc2ccc(SCc3cccc(N)c3)nn12. The van der Waals surface area contributed by atoms with E-state index in [1.54, 1.807) is 23.4 Å². The van der Waals surface area contributed by atoms with E-state index in [0.29, 0.717) is 5.88 Å². The summed E-state index contributed by atoms with van der Waals surface area (Å²) in [4.78, 5) is 4.67. The van der Waals surface area contributed by atoms with Crippen molar-refractivity contribution in [2.24, 2.45) is 0 Å². The smallest absolute Gasteiger partial charge is 0.243 e. The van der Waals surface area contributed by atoms with Crippen LogP contribution in [0.15, 0.2) is 71.8 Å². The van der Waals surface area contributed by atoms with Crippen LogP contribution in [0, 0.1) is 0 Å². The second-order valence-corrected chi connectivity index (χ2v) is 6.81. The van der Waals surface area contributed by atoms with Crippen LogP contribution >= 0.6 is 11.8 Å². The Balaban J connectivity index is 1.66. The lowest BCUT2D eigenvalue weighted by Gasteiger charge is -2.05. The lowest BCUT2D eigenvalue weighted by Crippen LogP contribution is -1.97. The number of nitrogen functional groups attached to an aromatic ring is 1. The molecule has 0 fully saturated rings. The average molecular weight is 362 g/mol. The van der Waals surface area contributed by atoms with Gasteiger partial charge in [-0.2, -0.15) is 9.61 Å². The molecule has 4 aromatic rings. The lowest BCUT2D eigenvalue weighted by atomic mass is 10.2. The number of imidazole rings is 1. The normalized spacial score (nSPS) is 11.0. The van der Waals surface area contributed by atoms with E-state index in [9.17, 15) is 0 Å². The number of anilines is 1.